The van der Waals surface area contributed by atoms with E-state index >= 15 is 0 Å². The molecule has 2 aromatic carbocycles. The van der Waals surface area contributed by atoms with E-state index in [1.165, 1.54) is 13.2 Å². The molecule has 1 heterocycles. The Hall–Kier alpha value is -3.28. The summed E-state index contributed by atoms with van der Waals surface area (Å²) in [4.78, 5) is 24.2. The van der Waals surface area contributed by atoms with Crippen LogP contribution in [0.5, 0.6) is 11.5 Å². The smallest absolute Gasteiger partial charge is 0.338 e. The van der Waals surface area contributed by atoms with Crippen LogP contribution in [0.2, 0.25) is 0 Å². The number of esters is 1. The van der Waals surface area contributed by atoms with Gasteiger partial charge >= 0.3 is 11.6 Å². The second kappa shape index (κ2) is 7.95. The van der Waals surface area contributed by atoms with Crippen LogP contribution in [-0.2, 0) is 11.3 Å². The van der Waals surface area contributed by atoms with Gasteiger partial charge in [-0.1, -0.05) is 12.1 Å². The fraction of sp³-hybridized carbons (Fsp3) is 0.238. The molecule has 0 fully saturated rings. The molecule has 1 aromatic heterocycles. The van der Waals surface area contributed by atoms with Crippen LogP contribution in [-0.4, -0.2) is 19.7 Å². The molecule has 0 saturated carbocycles. The first kappa shape index (κ1) is 18.5. The minimum Gasteiger partial charge on any atom is -0.493 e. The first-order valence-corrected chi connectivity index (χ1v) is 8.53. The molecule has 3 aromatic rings. The van der Waals surface area contributed by atoms with E-state index < -0.39 is 11.6 Å². The lowest BCUT2D eigenvalue weighted by Crippen LogP contribution is -2.08. The molecule has 0 N–H and O–H groups in total. The molecule has 0 aliphatic carbocycles. The average Bonchev–Trinajstić information content (AvgIpc) is 2.65. The number of fused-ring (bicyclic) bond motifs is 1. The van der Waals surface area contributed by atoms with E-state index in [9.17, 15) is 9.59 Å². The van der Waals surface area contributed by atoms with Crippen molar-refractivity contribution in [1.29, 1.82) is 0 Å². The van der Waals surface area contributed by atoms with E-state index in [1.807, 2.05) is 26.0 Å². The normalized spacial score (nSPS) is 10.6. The van der Waals surface area contributed by atoms with E-state index in [2.05, 4.69) is 0 Å². The Bertz CT molecular complexity index is 1030. The van der Waals surface area contributed by atoms with Crippen molar-refractivity contribution in [3.05, 3.63) is 69.6 Å². The van der Waals surface area contributed by atoms with Crippen molar-refractivity contribution in [3.8, 4) is 11.5 Å². The second-order valence-corrected chi connectivity index (χ2v) is 5.97. The molecule has 6 heteroatoms. The fourth-order valence-corrected chi connectivity index (χ4v) is 2.75. The van der Waals surface area contributed by atoms with Gasteiger partial charge in [-0.3, -0.25) is 0 Å². The van der Waals surface area contributed by atoms with Crippen molar-refractivity contribution in [2.24, 2.45) is 0 Å². The van der Waals surface area contributed by atoms with Crippen molar-refractivity contribution >= 4 is 16.9 Å². The van der Waals surface area contributed by atoms with Crippen LogP contribution < -0.4 is 15.1 Å². The van der Waals surface area contributed by atoms with Crippen LogP contribution in [0.1, 0.15) is 28.4 Å². The minimum atomic E-state index is -0.523. The molecule has 0 aliphatic heterocycles. The summed E-state index contributed by atoms with van der Waals surface area (Å²) in [5, 5.41) is 0.734. The summed E-state index contributed by atoms with van der Waals surface area (Å²) >= 11 is 0. The van der Waals surface area contributed by atoms with Crippen molar-refractivity contribution in [2.75, 3.05) is 13.7 Å². The fourth-order valence-electron chi connectivity index (χ4n) is 2.75. The van der Waals surface area contributed by atoms with Crippen LogP contribution in [0.4, 0.5) is 0 Å². The third-order valence-electron chi connectivity index (χ3n) is 4.04. The van der Waals surface area contributed by atoms with Crippen LogP contribution in [0, 0.1) is 6.92 Å². The van der Waals surface area contributed by atoms with Gasteiger partial charge in [-0.05, 0) is 43.7 Å². The maximum atomic E-state index is 12.4. The number of carbonyl (C=O) groups is 1. The van der Waals surface area contributed by atoms with Crippen molar-refractivity contribution < 1.29 is 23.4 Å². The van der Waals surface area contributed by atoms with E-state index in [-0.39, 0.29) is 6.61 Å². The van der Waals surface area contributed by atoms with Crippen LogP contribution in [0.3, 0.4) is 0 Å². The summed E-state index contributed by atoms with van der Waals surface area (Å²) < 4.78 is 21.3. The number of hydrogen-bond donors (Lipinski definition) is 0. The number of benzene rings is 2. The van der Waals surface area contributed by atoms with E-state index in [4.69, 9.17) is 18.6 Å². The Labute approximate surface area is 156 Å². The number of carbonyl (C=O) groups excluding carboxylic acids is 1. The number of rotatable bonds is 6. The summed E-state index contributed by atoms with van der Waals surface area (Å²) in [6, 6.07) is 11.7. The van der Waals surface area contributed by atoms with Gasteiger partial charge < -0.3 is 18.6 Å². The third kappa shape index (κ3) is 4.11. The first-order valence-electron chi connectivity index (χ1n) is 8.53. The number of hydrogen-bond acceptors (Lipinski definition) is 6. The summed E-state index contributed by atoms with van der Waals surface area (Å²) in [7, 11) is 1.50. The largest absolute Gasteiger partial charge is 0.493 e. The molecule has 0 amide bonds. The monoisotopic (exact) mass is 368 g/mol. The van der Waals surface area contributed by atoms with Gasteiger partial charge in [0.15, 0.2) is 11.5 Å². The number of ether oxygens (including phenoxy) is 3. The lowest BCUT2D eigenvalue weighted by atomic mass is 10.1. The summed E-state index contributed by atoms with van der Waals surface area (Å²) in [6.07, 6.45) is 0. The highest BCUT2D eigenvalue weighted by Crippen LogP contribution is 2.28. The molecule has 0 unspecified atom stereocenters. The third-order valence-corrected chi connectivity index (χ3v) is 4.04. The van der Waals surface area contributed by atoms with Gasteiger partial charge in [-0.25, -0.2) is 9.59 Å². The van der Waals surface area contributed by atoms with Crippen LogP contribution >= 0.6 is 0 Å². The van der Waals surface area contributed by atoms with E-state index in [0.29, 0.717) is 34.8 Å². The quantitative estimate of drug-likeness (QED) is 0.486. The predicted octanol–water partition coefficient (Wildman–Crippen LogP) is 3.87. The van der Waals surface area contributed by atoms with Gasteiger partial charge in [0.05, 0.1) is 19.3 Å². The Kier molecular flexibility index (Phi) is 5.45. The van der Waals surface area contributed by atoms with Crippen LogP contribution in [0.25, 0.3) is 11.0 Å². The number of aryl methyl sites for hydroxylation is 1. The average molecular weight is 368 g/mol. The van der Waals surface area contributed by atoms with Gasteiger partial charge in [-0.2, -0.15) is 0 Å². The number of methoxy groups -OCH3 is 1. The van der Waals surface area contributed by atoms with Gasteiger partial charge in [0, 0.05) is 17.0 Å². The van der Waals surface area contributed by atoms with Crippen molar-refractivity contribution in [3.63, 3.8) is 0 Å². The summed E-state index contributed by atoms with van der Waals surface area (Å²) in [5.41, 5.74) is 1.88. The Morgan fingerprint density at radius 3 is 2.63 bits per heavy atom. The Morgan fingerprint density at radius 2 is 1.89 bits per heavy atom. The predicted molar refractivity (Wildman–Crippen MR) is 101 cm³/mol. The first-order chi connectivity index (χ1) is 13.0. The molecule has 3 rings (SSSR count). The zero-order valence-corrected chi connectivity index (χ0v) is 15.4. The van der Waals surface area contributed by atoms with Crippen LogP contribution in [0.15, 0.2) is 51.7 Å². The highest BCUT2D eigenvalue weighted by Gasteiger charge is 2.14. The molecule has 27 heavy (non-hydrogen) atoms. The SMILES string of the molecule is CCOc1ccc(C(=O)OCc2cc(=O)oc3cc(C)ccc23)cc1OC. The zero-order chi connectivity index (χ0) is 19.4. The lowest BCUT2D eigenvalue weighted by molar-refractivity contribution is 0.0473. The van der Waals surface area contributed by atoms with Gasteiger partial charge in [-0.15, -0.1) is 0 Å². The molecule has 6 nitrogen and oxygen atoms in total. The zero-order valence-electron chi connectivity index (χ0n) is 15.4. The highest BCUT2D eigenvalue weighted by molar-refractivity contribution is 5.90. The van der Waals surface area contributed by atoms with Crippen molar-refractivity contribution in [1.82, 2.24) is 0 Å². The van der Waals surface area contributed by atoms with E-state index in [0.717, 1.165) is 10.9 Å². The molecule has 140 valence electrons. The molecule has 0 atom stereocenters. The highest BCUT2D eigenvalue weighted by atomic mass is 16.5. The topological polar surface area (TPSA) is 75.0 Å². The molecule has 0 radical (unpaired) electrons. The Morgan fingerprint density at radius 1 is 1.07 bits per heavy atom. The minimum absolute atomic E-state index is 0.0421. The molecular formula is C21H20O6. The van der Waals surface area contributed by atoms with Gasteiger partial charge in [0.2, 0.25) is 0 Å². The van der Waals surface area contributed by atoms with E-state index in [1.54, 1.807) is 24.3 Å². The molecule has 0 saturated heterocycles. The maximum Gasteiger partial charge on any atom is 0.338 e. The second-order valence-electron chi connectivity index (χ2n) is 5.97. The molecular weight excluding hydrogens is 348 g/mol. The molecule has 0 spiro atoms. The Balaban J connectivity index is 1.82. The summed E-state index contributed by atoms with van der Waals surface area (Å²) in [5.74, 6) is 0.482. The van der Waals surface area contributed by atoms with Gasteiger partial charge in [0.25, 0.3) is 0 Å². The van der Waals surface area contributed by atoms with Crippen molar-refractivity contribution in [2.45, 2.75) is 20.5 Å². The summed E-state index contributed by atoms with van der Waals surface area (Å²) in [6.45, 7) is 4.22. The molecule has 0 bridgehead atoms. The molecule has 0 aliphatic rings. The van der Waals surface area contributed by atoms with Gasteiger partial charge in [0.1, 0.15) is 12.2 Å². The standard InChI is InChI=1S/C21H20O6/c1-4-25-17-8-6-14(10-19(17)24-3)21(23)26-12-15-11-20(22)27-18-9-13(2)5-7-16(15)18/h5-11H,4,12H2,1-3H3. The maximum absolute atomic E-state index is 12.4. The lowest BCUT2D eigenvalue weighted by Gasteiger charge is -2.11.